The summed E-state index contributed by atoms with van der Waals surface area (Å²) in [7, 11) is 0. The normalized spacial score (nSPS) is 13.1. The van der Waals surface area contributed by atoms with Gasteiger partial charge in [-0.15, -0.1) is 0 Å². The molecule has 3 rings (SSSR count). The van der Waals surface area contributed by atoms with Crippen LogP contribution in [0.4, 0.5) is 11.5 Å². The number of hydrogen-bond acceptors (Lipinski definition) is 3. The summed E-state index contributed by atoms with van der Waals surface area (Å²) < 4.78 is 0. The number of nitrogens with zero attached hydrogens (tertiary/aromatic N) is 1. The molecule has 0 spiro atoms. The number of hydrogen-bond donors (Lipinski definition) is 2. The predicted octanol–water partition coefficient (Wildman–Crippen LogP) is 2.38. The quantitative estimate of drug-likeness (QED) is 0.846. The third-order valence-corrected chi connectivity index (χ3v) is 2.98. The average molecular weight is 239 g/mol. The van der Waals surface area contributed by atoms with E-state index in [1.807, 2.05) is 37.3 Å². The zero-order valence-electron chi connectivity index (χ0n) is 10.0. The van der Waals surface area contributed by atoms with Crippen molar-refractivity contribution in [3.63, 3.8) is 0 Å². The van der Waals surface area contributed by atoms with Crippen molar-refractivity contribution in [2.24, 2.45) is 0 Å². The summed E-state index contributed by atoms with van der Waals surface area (Å²) in [5.41, 5.74) is 3.75. The molecule has 1 aliphatic heterocycles. The number of pyridine rings is 1. The molecule has 4 nitrogen and oxygen atoms in total. The Kier molecular flexibility index (Phi) is 2.48. The van der Waals surface area contributed by atoms with Gasteiger partial charge < -0.3 is 10.6 Å². The van der Waals surface area contributed by atoms with Crippen molar-refractivity contribution in [2.75, 3.05) is 5.32 Å². The average Bonchev–Trinajstić information content (AvgIpc) is 2.72. The lowest BCUT2D eigenvalue weighted by molar-refractivity contribution is 0.0966. The van der Waals surface area contributed by atoms with Gasteiger partial charge in [0.1, 0.15) is 5.82 Å². The van der Waals surface area contributed by atoms with Gasteiger partial charge in [-0.2, -0.15) is 0 Å². The molecule has 1 amide bonds. The van der Waals surface area contributed by atoms with Gasteiger partial charge in [0.25, 0.3) is 5.91 Å². The fourth-order valence-corrected chi connectivity index (χ4v) is 2.12. The van der Waals surface area contributed by atoms with Crippen molar-refractivity contribution in [3.8, 4) is 0 Å². The number of aromatic nitrogens is 1. The fraction of sp³-hybridized carbons (Fsp3) is 0.143. The largest absolute Gasteiger partial charge is 0.348 e. The fourth-order valence-electron chi connectivity index (χ4n) is 2.12. The summed E-state index contributed by atoms with van der Waals surface area (Å²) in [4.78, 5) is 16.0. The molecule has 0 bridgehead atoms. The molecule has 18 heavy (non-hydrogen) atoms. The Balaban J connectivity index is 1.99. The standard InChI is InChI=1S/C14H13N3O/c1-9-3-2-4-11(7-9)17-13-12-10(5-6-15-13)8-16-14(12)18/h2-7H,8H2,1H3,(H,15,17)(H,16,18). The van der Waals surface area contributed by atoms with E-state index in [1.54, 1.807) is 6.20 Å². The molecule has 0 aliphatic carbocycles. The summed E-state index contributed by atoms with van der Waals surface area (Å²) in [5, 5.41) is 6.01. The minimum atomic E-state index is -0.0618. The van der Waals surface area contributed by atoms with Crippen LogP contribution in [-0.2, 0) is 6.54 Å². The molecule has 2 aromatic rings. The second kappa shape index (κ2) is 4.14. The number of aryl methyl sites for hydroxylation is 1. The first-order valence-corrected chi connectivity index (χ1v) is 5.84. The zero-order valence-corrected chi connectivity index (χ0v) is 10.0. The van der Waals surface area contributed by atoms with E-state index in [9.17, 15) is 4.79 Å². The van der Waals surface area contributed by atoms with Gasteiger partial charge in [-0.3, -0.25) is 4.79 Å². The highest BCUT2D eigenvalue weighted by atomic mass is 16.1. The maximum Gasteiger partial charge on any atom is 0.255 e. The van der Waals surface area contributed by atoms with E-state index in [0.717, 1.165) is 16.8 Å². The van der Waals surface area contributed by atoms with E-state index in [0.29, 0.717) is 17.9 Å². The molecule has 0 atom stereocenters. The minimum Gasteiger partial charge on any atom is -0.348 e. The molecule has 0 fully saturated rings. The molecule has 1 aliphatic rings. The molecular weight excluding hydrogens is 226 g/mol. The Morgan fingerprint density at radius 2 is 2.22 bits per heavy atom. The number of anilines is 2. The molecule has 0 unspecified atom stereocenters. The van der Waals surface area contributed by atoms with Crippen LogP contribution in [0.1, 0.15) is 21.5 Å². The van der Waals surface area contributed by atoms with Crippen LogP contribution in [0.2, 0.25) is 0 Å². The highest BCUT2D eigenvalue weighted by molar-refractivity contribution is 6.03. The van der Waals surface area contributed by atoms with Crippen molar-refractivity contribution in [3.05, 3.63) is 53.2 Å². The highest BCUT2D eigenvalue weighted by Crippen LogP contribution is 2.25. The Bertz CT molecular complexity index is 622. The lowest BCUT2D eigenvalue weighted by Crippen LogP contribution is -2.14. The van der Waals surface area contributed by atoms with E-state index in [4.69, 9.17) is 0 Å². The van der Waals surface area contributed by atoms with E-state index in [1.165, 1.54) is 0 Å². The SMILES string of the molecule is Cc1cccc(Nc2nccc3c2C(=O)NC3)c1. The van der Waals surface area contributed by atoms with Gasteiger partial charge in [0.15, 0.2) is 0 Å². The third-order valence-electron chi connectivity index (χ3n) is 2.98. The van der Waals surface area contributed by atoms with Crippen LogP contribution in [0, 0.1) is 6.92 Å². The second-order valence-corrected chi connectivity index (χ2v) is 4.37. The third kappa shape index (κ3) is 1.82. The van der Waals surface area contributed by atoms with Crippen LogP contribution in [0.3, 0.4) is 0 Å². The summed E-state index contributed by atoms with van der Waals surface area (Å²) in [6.45, 7) is 2.61. The molecule has 2 heterocycles. The number of nitrogens with one attached hydrogen (secondary N) is 2. The molecule has 0 saturated heterocycles. The smallest absolute Gasteiger partial charge is 0.255 e. The van der Waals surface area contributed by atoms with Crippen LogP contribution in [0.25, 0.3) is 0 Å². The number of amides is 1. The Labute approximate surface area is 105 Å². The predicted molar refractivity (Wildman–Crippen MR) is 69.9 cm³/mol. The van der Waals surface area contributed by atoms with Crippen LogP contribution >= 0.6 is 0 Å². The zero-order chi connectivity index (χ0) is 12.5. The number of carbonyl (C=O) groups is 1. The highest BCUT2D eigenvalue weighted by Gasteiger charge is 2.23. The first-order valence-electron chi connectivity index (χ1n) is 5.84. The number of benzene rings is 1. The van der Waals surface area contributed by atoms with Crippen LogP contribution in [0.5, 0.6) is 0 Å². The van der Waals surface area contributed by atoms with Crippen molar-refractivity contribution in [1.29, 1.82) is 0 Å². The molecule has 90 valence electrons. The van der Waals surface area contributed by atoms with E-state index in [-0.39, 0.29) is 5.91 Å². The summed E-state index contributed by atoms with van der Waals surface area (Å²) >= 11 is 0. The molecule has 2 N–H and O–H groups in total. The van der Waals surface area contributed by atoms with Crippen LogP contribution < -0.4 is 10.6 Å². The Morgan fingerprint density at radius 3 is 3.06 bits per heavy atom. The lowest BCUT2D eigenvalue weighted by Gasteiger charge is -2.09. The lowest BCUT2D eigenvalue weighted by atomic mass is 10.1. The maximum absolute atomic E-state index is 11.8. The molecule has 1 aromatic heterocycles. The van der Waals surface area contributed by atoms with Gasteiger partial charge in [0.2, 0.25) is 0 Å². The number of rotatable bonds is 2. The van der Waals surface area contributed by atoms with Gasteiger partial charge in [-0.25, -0.2) is 4.98 Å². The molecule has 0 radical (unpaired) electrons. The summed E-state index contributed by atoms with van der Waals surface area (Å²) in [5.74, 6) is 0.557. The minimum absolute atomic E-state index is 0.0618. The van der Waals surface area contributed by atoms with E-state index in [2.05, 4.69) is 15.6 Å². The maximum atomic E-state index is 11.8. The first kappa shape index (κ1) is 10.8. The first-order chi connectivity index (χ1) is 8.74. The van der Waals surface area contributed by atoms with Crippen molar-refractivity contribution >= 4 is 17.4 Å². The molecule has 4 heteroatoms. The van der Waals surface area contributed by atoms with E-state index < -0.39 is 0 Å². The molecule has 0 saturated carbocycles. The number of fused-ring (bicyclic) bond motifs is 1. The van der Waals surface area contributed by atoms with Gasteiger partial charge in [0, 0.05) is 18.4 Å². The summed E-state index contributed by atoms with van der Waals surface area (Å²) in [6, 6.07) is 9.85. The van der Waals surface area contributed by atoms with Gasteiger partial charge in [-0.05, 0) is 36.2 Å². The van der Waals surface area contributed by atoms with E-state index >= 15 is 0 Å². The van der Waals surface area contributed by atoms with Crippen molar-refractivity contribution in [2.45, 2.75) is 13.5 Å². The number of carbonyl (C=O) groups excluding carboxylic acids is 1. The Hall–Kier alpha value is -2.36. The van der Waals surface area contributed by atoms with Crippen molar-refractivity contribution in [1.82, 2.24) is 10.3 Å². The topological polar surface area (TPSA) is 54.0 Å². The van der Waals surface area contributed by atoms with Gasteiger partial charge in [0.05, 0.1) is 5.56 Å². The van der Waals surface area contributed by atoms with Gasteiger partial charge in [-0.1, -0.05) is 12.1 Å². The second-order valence-electron chi connectivity index (χ2n) is 4.37. The molecule has 1 aromatic carbocycles. The van der Waals surface area contributed by atoms with Crippen LogP contribution in [-0.4, -0.2) is 10.9 Å². The van der Waals surface area contributed by atoms with Crippen LogP contribution in [0.15, 0.2) is 36.5 Å². The Morgan fingerprint density at radius 1 is 1.33 bits per heavy atom. The summed E-state index contributed by atoms with van der Waals surface area (Å²) in [6.07, 6.45) is 1.72. The monoisotopic (exact) mass is 239 g/mol. The molecular formula is C14H13N3O. The van der Waals surface area contributed by atoms with Crippen molar-refractivity contribution < 1.29 is 4.79 Å². The van der Waals surface area contributed by atoms with Gasteiger partial charge >= 0.3 is 0 Å².